The van der Waals surface area contributed by atoms with E-state index >= 15 is 0 Å². The minimum absolute atomic E-state index is 0.0453. The summed E-state index contributed by atoms with van der Waals surface area (Å²) in [6.07, 6.45) is 0. The van der Waals surface area contributed by atoms with Crippen LogP contribution in [-0.2, 0) is 13.1 Å². The molecule has 7 nitrogen and oxygen atoms in total. The first-order valence-corrected chi connectivity index (χ1v) is 9.05. The van der Waals surface area contributed by atoms with Gasteiger partial charge in [-0.2, -0.15) is 0 Å². The van der Waals surface area contributed by atoms with Crippen molar-refractivity contribution in [2.45, 2.75) is 20.0 Å². The molecule has 0 atom stereocenters. The molecule has 0 saturated carbocycles. The molecular weight excluding hydrogens is 352 g/mol. The maximum Gasteiger partial charge on any atom is 0.310 e. The van der Waals surface area contributed by atoms with Crippen LogP contribution in [0, 0.1) is 17.0 Å². The number of thiazole rings is 1. The predicted molar refractivity (Wildman–Crippen MR) is 101 cm³/mol. The highest BCUT2D eigenvalue weighted by molar-refractivity contribution is 7.13. The summed E-state index contributed by atoms with van der Waals surface area (Å²) in [7, 11) is 0. The molecule has 8 heteroatoms. The Morgan fingerprint density at radius 3 is 2.69 bits per heavy atom. The number of benzene rings is 1. The molecule has 4 rings (SSSR count). The first-order chi connectivity index (χ1) is 12.5. The van der Waals surface area contributed by atoms with Crippen LogP contribution in [0.5, 0.6) is 0 Å². The van der Waals surface area contributed by atoms with Gasteiger partial charge in [0.2, 0.25) is 0 Å². The molecule has 3 aromatic rings. The van der Waals surface area contributed by atoms with Crippen LogP contribution in [-0.4, -0.2) is 21.0 Å². The van der Waals surface area contributed by atoms with Crippen LogP contribution in [0.25, 0.3) is 10.6 Å². The summed E-state index contributed by atoms with van der Waals surface area (Å²) in [5.74, 6) is 0.368. The summed E-state index contributed by atoms with van der Waals surface area (Å²) in [5, 5.41) is 14.2. The molecule has 0 unspecified atom stereocenters. The molecule has 0 bridgehead atoms. The van der Waals surface area contributed by atoms with Crippen LogP contribution in [0.2, 0.25) is 0 Å². The summed E-state index contributed by atoms with van der Waals surface area (Å²) in [5.41, 5.74) is 2.82. The average molecular weight is 368 g/mol. The topological polar surface area (TPSA) is 81.3 Å². The summed E-state index contributed by atoms with van der Waals surface area (Å²) in [6.45, 7) is 3.48. The fourth-order valence-electron chi connectivity index (χ4n) is 3.13. The van der Waals surface area contributed by atoms with Gasteiger partial charge in [0.25, 0.3) is 5.56 Å². The molecule has 1 aliphatic rings. The number of hydrogen-bond donors (Lipinski definition) is 0. The van der Waals surface area contributed by atoms with Crippen molar-refractivity contribution >= 4 is 22.8 Å². The van der Waals surface area contributed by atoms with E-state index in [4.69, 9.17) is 0 Å². The Hall–Kier alpha value is -3.00. The third kappa shape index (κ3) is 2.88. The summed E-state index contributed by atoms with van der Waals surface area (Å²) >= 11 is 1.55. The van der Waals surface area contributed by atoms with Crippen molar-refractivity contribution in [2.24, 2.45) is 0 Å². The normalized spacial score (nSPS) is 13.0. The van der Waals surface area contributed by atoms with Crippen LogP contribution < -0.4 is 10.5 Å². The van der Waals surface area contributed by atoms with E-state index < -0.39 is 4.92 Å². The quantitative estimate of drug-likeness (QED) is 0.522. The van der Waals surface area contributed by atoms with Gasteiger partial charge in [-0.15, -0.1) is 11.3 Å². The number of hydrogen-bond acceptors (Lipinski definition) is 6. The highest BCUT2D eigenvalue weighted by atomic mass is 32.1. The molecule has 0 amide bonds. The van der Waals surface area contributed by atoms with Gasteiger partial charge in [-0.05, 0) is 6.92 Å². The smallest absolute Gasteiger partial charge is 0.310 e. The van der Waals surface area contributed by atoms with Gasteiger partial charge < -0.3 is 4.90 Å². The highest BCUT2D eigenvalue weighted by Crippen LogP contribution is 2.32. The lowest BCUT2D eigenvalue weighted by Gasteiger charge is -2.16. The third-order valence-corrected chi connectivity index (χ3v) is 5.37. The van der Waals surface area contributed by atoms with Crippen LogP contribution in [0.1, 0.15) is 11.3 Å². The van der Waals surface area contributed by atoms with Gasteiger partial charge in [-0.25, -0.2) is 4.98 Å². The number of aromatic nitrogens is 2. The Labute approximate surface area is 153 Å². The zero-order valence-corrected chi connectivity index (χ0v) is 14.9. The fraction of sp³-hybridized carbons (Fsp3) is 0.222. The van der Waals surface area contributed by atoms with Gasteiger partial charge in [0.05, 0.1) is 17.2 Å². The molecule has 0 aliphatic carbocycles. The second kappa shape index (κ2) is 6.38. The lowest BCUT2D eigenvalue weighted by molar-refractivity contribution is -0.384. The van der Waals surface area contributed by atoms with Crippen molar-refractivity contribution in [3.05, 3.63) is 73.5 Å². The monoisotopic (exact) mass is 368 g/mol. The van der Waals surface area contributed by atoms with E-state index in [1.54, 1.807) is 11.3 Å². The Bertz CT molecular complexity index is 1040. The number of nitro groups is 1. The molecular formula is C18H16N4O3S. The van der Waals surface area contributed by atoms with E-state index in [0.717, 1.165) is 16.3 Å². The van der Waals surface area contributed by atoms with Gasteiger partial charge in [0.15, 0.2) is 5.82 Å². The average Bonchev–Trinajstić information content (AvgIpc) is 3.24. The summed E-state index contributed by atoms with van der Waals surface area (Å²) in [4.78, 5) is 29.4. The largest absolute Gasteiger partial charge is 0.344 e. The highest BCUT2D eigenvalue weighted by Gasteiger charge is 2.29. The molecule has 0 N–H and O–H groups in total. The number of fused-ring (bicyclic) bond motifs is 1. The van der Waals surface area contributed by atoms with Crippen molar-refractivity contribution in [3.8, 4) is 10.6 Å². The molecule has 1 aliphatic heterocycles. The molecule has 0 saturated heterocycles. The van der Waals surface area contributed by atoms with Gasteiger partial charge >= 0.3 is 5.69 Å². The molecule has 2 aromatic heterocycles. The van der Waals surface area contributed by atoms with Crippen LogP contribution in [0.3, 0.4) is 0 Å². The first-order valence-electron chi connectivity index (χ1n) is 8.17. The van der Waals surface area contributed by atoms with Crippen LogP contribution in [0.15, 0.2) is 46.6 Å². The Balaban J connectivity index is 1.63. The van der Waals surface area contributed by atoms with Gasteiger partial charge in [-0.3, -0.25) is 19.5 Å². The van der Waals surface area contributed by atoms with Gasteiger partial charge in [-0.1, -0.05) is 29.8 Å². The maximum atomic E-state index is 12.0. The van der Waals surface area contributed by atoms with E-state index in [2.05, 4.69) is 4.98 Å². The second-order valence-corrected chi connectivity index (χ2v) is 7.08. The SMILES string of the molecule is Cc1ccc(-c2nc(CN3CCn4c3c([N+](=O)[O-])ccc4=O)cs2)cc1. The van der Waals surface area contributed by atoms with E-state index in [9.17, 15) is 14.9 Å². The second-order valence-electron chi connectivity index (χ2n) is 6.22. The van der Waals surface area contributed by atoms with Crippen molar-refractivity contribution < 1.29 is 4.92 Å². The van der Waals surface area contributed by atoms with Crippen molar-refractivity contribution in [1.82, 2.24) is 9.55 Å². The Kier molecular flexibility index (Phi) is 4.04. The molecule has 0 spiro atoms. The number of anilines is 1. The fourth-order valence-corrected chi connectivity index (χ4v) is 3.95. The molecule has 3 heterocycles. The molecule has 0 fully saturated rings. The number of pyridine rings is 1. The number of rotatable bonds is 4. The Morgan fingerprint density at radius 2 is 1.96 bits per heavy atom. The van der Waals surface area contributed by atoms with Crippen LogP contribution in [0.4, 0.5) is 11.5 Å². The molecule has 0 radical (unpaired) electrons. The zero-order chi connectivity index (χ0) is 18.3. The molecule has 1 aromatic carbocycles. The standard InChI is InChI=1S/C18H16N4O3S/c1-12-2-4-13(5-3-12)17-19-14(11-26-17)10-20-8-9-21-16(23)7-6-15(18(20)21)22(24)25/h2-7,11H,8-10H2,1H3. The minimum atomic E-state index is -0.442. The van der Waals surface area contributed by atoms with E-state index in [1.807, 2.05) is 41.5 Å². The minimum Gasteiger partial charge on any atom is -0.344 e. The number of aryl methyl sites for hydroxylation is 1. The zero-order valence-electron chi connectivity index (χ0n) is 14.1. The van der Waals surface area contributed by atoms with E-state index in [1.165, 1.54) is 22.3 Å². The molecule has 132 valence electrons. The van der Waals surface area contributed by atoms with Gasteiger partial charge in [0.1, 0.15) is 5.01 Å². The third-order valence-electron chi connectivity index (χ3n) is 4.43. The lowest BCUT2D eigenvalue weighted by atomic mass is 10.2. The van der Waals surface area contributed by atoms with Gasteiger partial charge in [0, 0.05) is 36.2 Å². The summed E-state index contributed by atoms with van der Waals surface area (Å²) in [6, 6.07) is 10.7. The van der Waals surface area contributed by atoms with Crippen molar-refractivity contribution in [3.63, 3.8) is 0 Å². The van der Waals surface area contributed by atoms with Crippen molar-refractivity contribution in [2.75, 3.05) is 11.4 Å². The predicted octanol–water partition coefficient (Wildman–Crippen LogP) is 3.21. The van der Waals surface area contributed by atoms with Crippen molar-refractivity contribution in [1.29, 1.82) is 0 Å². The van der Waals surface area contributed by atoms with Crippen LogP contribution >= 0.6 is 11.3 Å². The molecule has 26 heavy (non-hydrogen) atoms. The summed E-state index contributed by atoms with van der Waals surface area (Å²) < 4.78 is 1.46. The lowest BCUT2D eigenvalue weighted by Crippen LogP contribution is -2.22. The Morgan fingerprint density at radius 1 is 1.19 bits per heavy atom. The first kappa shape index (κ1) is 16.5. The van der Waals surface area contributed by atoms with E-state index in [0.29, 0.717) is 25.5 Å². The number of nitrogens with zero attached hydrogens (tertiary/aromatic N) is 4. The van der Waals surface area contributed by atoms with E-state index in [-0.39, 0.29) is 11.2 Å². The maximum absolute atomic E-state index is 12.0.